The molecule has 4 nitrogen and oxygen atoms in total. The highest BCUT2D eigenvalue weighted by Crippen LogP contribution is 2.28. The van der Waals surface area contributed by atoms with Crippen molar-refractivity contribution in [3.63, 3.8) is 0 Å². The summed E-state index contributed by atoms with van der Waals surface area (Å²) in [5, 5.41) is 0. The fourth-order valence-corrected chi connectivity index (χ4v) is 3.44. The molecular weight excluding hydrogens is 254 g/mol. The van der Waals surface area contributed by atoms with E-state index in [1.54, 1.807) is 0 Å². The molecule has 0 N–H and O–H groups in total. The van der Waals surface area contributed by atoms with Gasteiger partial charge in [-0.3, -0.25) is 4.79 Å². The molecule has 1 heterocycles. The fraction of sp³-hybridized carbons (Fsp3) is 0.875. The van der Waals surface area contributed by atoms with Crippen LogP contribution in [0.25, 0.3) is 0 Å². The molecule has 2 aliphatic rings. The predicted octanol–water partition coefficient (Wildman–Crippen LogP) is 2.90. The van der Waals surface area contributed by atoms with E-state index in [4.69, 9.17) is 4.74 Å². The van der Waals surface area contributed by atoms with E-state index in [2.05, 4.69) is 0 Å². The second-order valence-corrected chi connectivity index (χ2v) is 5.98. The minimum atomic E-state index is -0.334. The molecule has 1 atom stereocenters. The molecule has 1 aliphatic heterocycles. The van der Waals surface area contributed by atoms with Crippen LogP contribution in [0.3, 0.4) is 0 Å². The summed E-state index contributed by atoms with van der Waals surface area (Å²) >= 11 is 0. The normalized spacial score (nSPS) is 25.1. The lowest BCUT2D eigenvalue weighted by Crippen LogP contribution is -2.50. The molecule has 1 saturated carbocycles. The third-order valence-corrected chi connectivity index (χ3v) is 4.55. The summed E-state index contributed by atoms with van der Waals surface area (Å²) in [5.41, 5.74) is 0. The maximum absolute atomic E-state index is 12.7. The van der Waals surface area contributed by atoms with Crippen LogP contribution in [0, 0.1) is 5.92 Å². The summed E-state index contributed by atoms with van der Waals surface area (Å²) in [6.07, 6.45) is 9.54. The average Bonchev–Trinajstić information content (AvgIpc) is 2.76. The summed E-state index contributed by atoms with van der Waals surface area (Å²) in [7, 11) is 0. The second kappa shape index (κ2) is 7.65. The first-order chi connectivity index (χ1) is 9.74. The topological polar surface area (TPSA) is 46.6 Å². The zero-order chi connectivity index (χ0) is 14.4. The molecule has 1 amide bonds. The summed E-state index contributed by atoms with van der Waals surface area (Å²) in [5.74, 6) is 0.117. The van der Waals surface area contributed by atoms with Gasteiger partial charge in [0.1, 0.15) is 6.04 Å². The van der Waals surface area contributed by atoms with Crippen molar-refractivity contribution in [2.24, 2.45) is 5.92 Å². The minimum Gasteiger partial charge on any atom is -0.464 e. The van der Waals surface area contributed by atoms with Crippen LogP contribution in [0.15, 0.2) is 0 Å². The van der Waals surface area contributed by atoms with Crippen LogP contribution < -0.4 is 0 Å². The number of piperidine rings is 1. The number of ether oxygens (including phenoxy) is 1. The molecule has 0 aromatic carbocycles. The molecule has 1 saturated heterocycles. The summed E-state index contributed by atoms with van der Waals surface area (Å²) < 4.78 is 5.14. The average molecular weight is 281 g/mol. The number of nitrogens with zero attached hydrogens (tertiary/aromatic N) is 1. The quantitative estimate of drug-likeness (QED) is 0.590. The molecule has 1 unspecified atom stereocenters. The first kappa shape index (κ1) is 15.3. The van der Waals surface area contributed by atoms with Crippen LogP contribution in [0.4, 0.5) is 0 Å². The number of hydrogen-bond acceptors (Lipinski definition) is 3. The summed E-state index contributed by atoms with van der Waals surface area (Å²) in [6, 6.07) is -0.334. The van der Waals surface area contributed by atoms with Crippen LogP contribution in [0.2, 0.25) is 0 Å². The highest BCUT2D eigenvalue weighted by Gasteiger charge is 2.36. The Bertz CT molecular complexity index is 335. The van der Waals surface area contributed by atoms with E-state index in [0.717, 1.165) is 51.5 Å². The van der Waals surface area contributed by atoms with Crippen molar-refractivity contribution in [2.75, 3.05) is 13.2 Å². The second-order valence-electron chi connectivity index (χ2n) is 5.98. The number of likely N-dealkylation sites (tertiary alicyclic amines) is 1. The molecule has 0 aromatic rings. The minimum absolute atomic E-state index is 0.132. The van der Waals surface area contributed by atoms with Gasteiger partial charge in [-0.05, 0) is 39.0 Å². The number of carbonyl (C=O) groups excluding carboxylic acids is 2. The van der Waals surface area contributed by atoms with Gasteiger partial charge in [-0.25, -0.2) is 4.79 Å². The van der Waals surface area contributed by atoms with Crippen molar-refractivity contribution in [2.45, 2.75) is 70.8 Å². The predicted molar refractivity (Wildman–Crippen MR) is 77.2 cm³/mol. The molecule has 0 spiro atoms. The molecule has 1 aliphatic carbocycles. The van der Waals surface area contributed by atoms with E-state index in [0.29, 0.717) is 6.61 Å². The van der Waals surface area contributed by atoms with Crippen LogP contribution in [0.1, 0.15) is 64.7 Å². The lowest BCUT2D eigenvalue weighted by atomic mass is 9.94. The Hall–Kier alpha value is -1.06. The van der Waals surface area contributed by atoms with Gasteiger partial charge in [-0.1, -0.05) is 25.7 Å². The highest BCUT2D eigenvalue weighted by atomic mass is 16.5. The van der Waals surface area contributed by atoms with Crippen molar-refractivity contribution < 1.29 is 14.3 Å². The Morgan fingerprint density at radius 3 is 2.30 bits per heavy atom. The van der Waals surface area contributed by atoms with Gasteiger partial charge >= 0.3 is 5.97 Å². The van der Waals surface area contributed by atoms with E-state index in [9.17, 15) is 9.59 Å². The van der Waals surface area contributed by atoms with Crippen LogP contribution in [-0.2, 0) is 14.3 Å². The Kier molecular flexibility index (Phi) is 5.86. The van der Waals surface area contributed by atoms with E-state index < -0.39 is 0 Å². The number of esters is 1. The van der Waals surface area contributed by atoms with Gasteiger partial charge in [0.15, 0.2) is 0 Å². The number of hydrogen-bond donors (Lipinski definition) is 0. The van der Waals surface area contributed by atoms with Gasteiger partial charge in [0.2, 0.25) is 5.91 Å². The van der Waals surface area contributed by atoms with Crippen LogP contribution in [-0.4, -0.2) is 36.0 Å². The summed E-state index contributed by atoms with van der Waals surface area (Å²) in [6.45, 7) is 2.93. The highest BCUT2D eigenvalue weighted by molar-refractivity contribution is 5.86. The molecule has 20 heavy (non-hydrogen) atoms. The Balaban J connectivity index is 2.02. The molecule has 2 fully saturated rings. The molecule has 4 heteroatoms. The SMILES string of the molecule is CCOC(=O)C1CCCCN1C(=O)C1CCCCCC1. The van der Waals surface area contributed by atoms with Gasteiger partial charge in [-0.15, -0.1) is 0 Å². The molecular formula is C16H27NO3. The third-order valence-electron chi connectivity index (χ3n) is 4.55. The molecule has 114 valence electrons. The fourth-order valence-electron chi connectivity index (χ4n) is 3.44. The van der Waals surface area contributed by atoms with Crippen LogP contribution >= 0.6 is 0 Å². The van der Waals surface area contributed by atoms with Gasteiger partial charge < -0.3 is 9.64 Å². The Morgan fingerprint density at radius 2 is 1.65 bits per heavy atom. The Labute approximate surface area is 121 Å². The van der Waals surface area contributed by atoms with Crippen molar-refractivity contribution in [1.82, 2.24) is 4.90 Å². The monoisotopic (exact) mass is 281 g/mol. The third kappa shape index (κ3) is 3.74. The molecule has 0 bridgehead atoms. The van der Waals surface area contributed by atoms with Crippen molar-refractivity contribution in [3.8, 4) is 0 Å². The first-order valence-electron chi connectivity index (χ1n) is 8.21. The van der Waals surface area contributed by atoms with Crippen LogP contribution in [0.5, 0.6) is 0 Å². The first-order valence-corrected chi connectivity index (χ1v) is 8.21. The number of amides is 1. The van der Waals surface area contributed by atoms with Crippen molar-refractivity contribution in [1.29, 1.82) is 0 Å². The lowest BCUT2D eigenvalue weighted by Gasteiger charge is -2.36. The Morgan fingerprint density at radius 1 is 1.00 bits per heavy atom. The van der Waals surface area contributed by atoms with Gasteiger partial charge in [0, 0.05) is 12.5 Å². The standard InChI is InChI=1S/C16H27NO3/c1-2-20-16(19)14-11-7-8-12-17(14)15(18)13-9-5-3-4-6-10-13/h13-14H,2-12H2,1H3. The zero-order valence-electron chi connectivity index (χ0n) is 12.6. The van der Waals surface area contributed by atoms with Crippen molar-refractivity contribution in [3.05, 3.63) is 0 Å². The van der Waals surface area contributed by atoms with E-state index in [1.165, 1.54) is 12.8 Å². The van der Waals surface area contributed by atoms with E-state index in [1.807, 2.05) is 11.8 Å². The van der Waals surface area contributed by atoms with Crippen molar-refractivity contribution >= 4 is 11.9 Å². The van der Waals surface area contributed by atoms with E-state index >= 15 is 0 Å². The maximum atomic E-state index is 12.7. The smallest absolute Gasteiger partial charge is 0.328 e. The number of rotatable bonds is 3. The zero-order valence-corrected chi connectivity index (χ0v) is 12.6. The summed E-state index contributed by atoms with van der Waals surface area (Å²) in [4.78, 5) is 26.6. The molecule has 0 radical (unpaired) electrons. The van der Waals surface area contributed by atoms with Gasteiger partial charge in [0.05, 0.1) is 6.61 Å². The van der Waals surface area contributed by atoms with E-state index in [-0.39, 0.29) is 23.8 Å². The van der Waals surface area contributed by atoms with Gasteiger partial charge in [-0.2, -0.15) is 0 Å². The largest absolute Gasteiger partial charge is 0.464 e. The lowest BCUT2D eigenvalue weighted by molar-refractivity contribution is -0.158. The maximum Gasteiger partial charge on any atom is 0.328 e. The number of carbonyl (C=O) groups is 2. The molecule has 2 rings (SSSR count). The molecule has 0 aromatic heterocycles. The van der Waals surface area contributed by atoms with Gasteiger partial charge in [0.25, 0.3) is 0 Å².